The lowest BCUT2D eigenvalue weighted by Gasteiger charge is -2.30. The largest absolute Gasteiger partial charge is 0.352 e. The van der Waals surface area contributed by atoms with Gasteiger partial charge in [0.15, 0.2) is 0 Å². The van der Waals surface area contributed by atoms with Crippen LogP contribution in [0.15, 0.2) is 24.5 Å². The standard InChI is InChI=1S/C17H23N3O2/c1-12-4-7-20(8-5-12)17(22)15-9-14(15)16(21)19-11-13-3-2-6-18-10-13/h2-3,6,10,12,14-15H,4-5,7-9,11H2,1H3,(H,19,21). The molecule has 0 aromatic carbocycles. The summed E-state index contributed by atoms with van der Waals surface area (Å²) in [5.74, 6) is 0.647. The Kier molecular flexibility index (Phi) is 4.41. The normalized spacial score (nSPS) is 24.9. The molecular weight excluding hydrogens is 278 g/mol. The van der Waals surface area contributed by atoms with Gasteiger partial charge < -0.3 is 10.2 Å². The molecule has 2 atom stereocenters. The van der Waals surface area contributed by atoms with Crippen LogP contribution in [0.4, 0.5) is 0 Å². The Morgan fingerprint density at radius 3 is 2.77 bits per heavy atom. The Labute approximate surface area is 131 Å². The highest BCUT2D eigenvalue weighted by atomic mass is 16.2. The van der Waals surface area contributed by atoms with Crippen LogP contribution in [0, 0.1) is 17.8 Å². The highest BCUT2D eigenvalue weighted by Gasteiger charge is 2.49. The van der Waals surface area contributed by atoms with Crippen molar-refractivity contribution in [2.24, 2.45) is 17.8 Å². The van der Waals surface area contributed by atoms with Gasteiger partial charge in [-0.3, -0.25) is 14.6 Å². The third-order valence-electron chi connectivity index (χ3n) is 4.73. The number of carbonyl (C=O) groups excluding carboxylic acids is 2. The van der Waals surface area contributed by atoms with Gasteiger partial charge in [0.1, 0.15) is 0 Å². The van der Waals surface area contributed by atoms with Crippen molar-refractivity contribution in [1.82, 2.24) is 15.2 Å². The average Bonchev–Trinajstić information content (AvgIpc) is 3.34. The first kappa shape index (κ1) is 15.0. The molecule has 118 valence electrons. The van der Waals surface area contributed by atoms with E-state index in [2.05, 4.69) is 17.2 Å². The highest BCUT2D eigenvalue weighted by molar-refractivity contribution is 5.92. The first-order valence-corrected chi connectivity index (χ1v) is 8.10. The van der Waals surface area contributed by atoms with Crippen LogP contribution in [0.3, 0.4) is 0 Å². The van der Waals surface area contributed by atoms with Crippen LogP contribution in [0.2, 0.25) is 0 Å². The topological polar surface area (TPSA) is 62.3 Å². The van der Waals surface area contributed by atoms with Crippen molar-refractivity contribution in [2.75, 3.05) is 13.1 Å². The third kappa shape index (κ3) is 3.46. The summed E-state index contributed by atoms with van der Waals surface area (Å²) in [5.41, 5.74) is 0.976. The van der Waals surface area contributed by atoms with Gasteiger partial charge in [-0.1, -0.05) is 13.0 Å². The minimum absolute atomic E-state index is 0.00687. The van der Waals surface area contributed by atoms with E-state index in [0.717, 1.165) is 31.5 Å². The summed E-state index contributed by atoms with van der Waals surface area (Å²) in [6.07, 6.45) is 6.31. The van der Waals surface area contributed by atoms with Crippen molar-refractivity contribution in [1.29, 1.82) is 0 Å². The monoisotopic (exact) mass is 301 g/mol. The van der Waals surface area contributed by atoms with Crippen LogP contribution in [0.25, 0.3) is 0 Å². The van der Waals surface area contributed by atoms with E-state index in [1.807, 2.05) is 17.0 Å². The second-order valence-electron chi connectivity index (χ2n) is 6.54. The molecule has 1 aliphatic carbocycles. The van der Waals surface area contributed by atoms with Gasteiger partial charge in [0.2, 0.25) is 11.8 Å². The van der Waals surface area contributed by atoms with Crippen molar-refractivity contribution < 1.29 is 9.59 Å². The Morgan fingerprint density at radius 1 is 1.32 bits per heavy atom. The molecule has 2 heterocycles. The maximum absolute atomic E-state index is 12.4. The minimum atomic E-state index is -0.136. The fourth-order valence-electron chi connectivity index (χ4n) is 3.04. The number of nitrogens with one attached hydrogen (secondary N) is 1. The maximum Gasteiger partial charge on any atom is 0.226 e. The summed E-state index contributed by atoms with van der Waals surface area (Å²) >= 11 is 0. The molecule has 2 amide bonds. The summed E-state index contributed by atoms with van der Waals surface area (Å²) in [6.45, 7) is 4.40. The maximum atomic E-state index is 12.4. The van der Waals surface area contributed by atoms with E-state index in [1.54, 1.807) is 12.4 Å². The van der Waals surface area contributed by atoms with Crippen molar-refractivity contribution >= 4 is 11.8 Å². The Balaban J connectivity index is 1.45. The van der Waals surface area contributed by atoms with Gasteiger partial charge in [-0.25, -0.2) is 0 Å². The summed E-state index contributed by atoms with van der Waals surface area (Å²) in [7, 11) is 0. The third-order valence-corrected chi connectivity index (χ3v) is 4.73. The van der Waals surface area contributed by atoms with Gasteiger partial charge in [0.05, 0.1) is 11.8 Å². The van der Waals surface area contributed by atoms with Crippen molar-refractivity contribution in [3.63, 3.8) is 0 Å². The number of pyridine rings is 1. The second-order valence-corrected chi connectivity index (χ2v) is 6.54. The van der Waals surface area contributed by atoms with Crippen LogP contribution in [0.1, 0.15) is 31.7 Å². The van der Waals surface area contributed by atoms with Gasteiger partial charge in [-0.15, -0.1) is 0 Å². The van der Waals surface area contributed by atoms with E-state index in [4.69, 9.17) is 0 Å². The minimum Gasteiger partial charge on any atom is -0.352 e. The molecule has 2 aliphatic rings. The Hall–Kier alpha value is -1.91. The molecule has 5 heteroatoms. The zero-order valence-electron chi connectivity index (χ0n) is 13.0. The van der Waals surface area contributed by atoms with Crippen molar-refractivity contribution in [3.05, 3.63) is 30.1 Å². The molecule has 1 N–H and O–H groups in total. The van der Waals surface area contributed by atoms with Gasteiger partial charge >= 0.3 is 0 Å². The number of hydrogen-bond acceptors (Lipinski definition) is 3. The number of hydrogen-bond donors (Lipinski definition) is 1. The van der Waals surface area contributed by atoms with E-state index >= 15 is 0 Å². The lowest BCUT2D eigenvalue weighted by molar-refractivity contribution is -0.135. The molecule has 1 aromatic heterocycles. The Morgan fingerprint density at radius 2 is 2.09 bits per heavy atom. The number of piperidine rings is 1. The molecule has 2 unspecified atom stereocenters. The van der Waals surface area contributed by atoms with E-state index in [9.17, 15) is 9.59 Å². The first-order chi connectivity index (χ1) is 10.6. The summed E-state index contributed by atoms with van der Waals surface area (Å²) in [5, 5.41) is 2.91. The number of aromatic nitrogens is 1. The molecule has 22 heavy (non-hydrogen) atoms. The Bertz CT molecular complexity index is 538. The predicted octanol–water partition coefficient (Wildman–Crippen LogP) is 1.59. The van der Waals surface area contributed by atoms with Gasteiger partial charge in [0.25, 0.3) is 0 Å². The van der Waals surface area contributed by atoms with Crippen LogP contribution < -0.4 is 5.32 Å². The van der Waals surface area contributed by atoms with Crippen molar-refractivity contribution in [2.45, 2.75) is 32.7 Å². The second kappa shape index (κ2) is 6.46. The molecule has 1 aliphatic heterocycles. The first-order valence-electron chi connectivity index (χ1n) is 8.10. The molecule has 1 saturated carbocycles. The zero-order valence-corrected chi connectivity index (χ0v) is 13.0. The predicted molar refractivity (Wildman–Crippen MR) is 82.7 cm³/mol. The number of rotatable bonds is 4. The zero-order chi connectivity index (χ0) is 15.5. The molecular formula is C17H23N3O2. The van der Waals surface area contributed by atoms with Gasteiger partial charge in [-0.05, 0) is 36.8 Å². The molecule has 5 nitrogen and oxygen atoms in total. The van der Waals surface area contributed by atoms with E-state index in [-0.39, 0.29) is 23.7 Å². The van der Waals surface area contributed by atoms with Crippen LogP contribution in [-0.4, -0.2) is 34.8 Å². The number of nitrogens with zero attached hydrogens (tertiary/aromatic N) is 2. The number of amides is 2. The summed E-state index contributed by atoms with van der Waals surface area (Å²) in [6, 6.07) is 3.78. The summed E-state index contributed by atoms with van der Waals surface area (Å²) < 4.78 is 0. The molecule has 3 rings (SSSR count). The van der Waals surface area contributed by atoms with E-state index in [0.29, 0.717) is 18.9 Å². The quantitative estimate of drug-likeness (QED) is 0.918. The molecule has 1 saturated heterocycles. The van der Waals surface area contributed by atoms with Gasteiger partial charge in [0, 0.05) is 32.0 Å². The average molecular weight is 301 g/mol. The van der Waals surface area contributed by atoms with Crippen molar-refractivity contribution in [3.8, 4) is 0 Å². The molecule has 0 radical (unpaired) electrons. The molecule has 1 aromatic rings. The van der Waals surface area contributed by atoms with E-state index < -0.39 is 0 Å². The van der Waals surface area contributed by atoms with E-state index in [1.165, 1.54) is 0 Å². The number of likely N-dealkylation sites (tertiary alicyclic amines) is 1. The van der Waals surface area contributed by atoms with Crippen LogP contribution >= 0.6 is 0 Å². The lowest BCUT2D eigenvalue weighted by atomic mass is 9.99. The molecule has 0 bridgehead atoms. The molecule has 0 spiro atoms. The smallest absolute Gasteiger partial charge is 0.226 e. The fraction of sp³-hybridized carbons (Fsp3) is 0.588. The van der Waals surface area contributed by atoms with Gasteiger partial charge in [-0.2, -0.15) is 0 Å². The lowest BCUT2D eigenvalue weighted by Crippen LogP contribution is -2.39. The fourth-order valence-corrected chi connectivity index (χ4v) is 3.04. The van der Waals surface area contributed by atoms with Crippen LogP contribution in [0.5, 0.6) is 0 Å². The highest BCUT2D eigenvalue weighted by Crippen LogP contribution is 2.40. The molecule has 2 fully saturated rings. The summed E-state index contributed by atoms with van der Waals surface area (Å²) in [4.78, 5) is 30.5. The number of carbonyl (C=O) groups is 2. The SMILES string of the molecule is CC1CCN(C(=O)C2CC2C(=O)NCc2cccnc2)CC1. The van der Waals surface area contributed by atoms with Crippen LogP contribution in [-0.2, 0) is 16.1 Å².